The molecule has 1 aromatic rings. The van der Waals surface area contributed by atoms with Crippen molar-refractivity contribution in [1.29, 1.82) is 0 Å². The Morgan fingerprint density at radius 2 is 2.32 bits per heavy atom. The molecule has 1 aliphatic rings. The van der Waals surface area contributed by atoms with Gasteiger partial charge in [-0.15, -0.1) is 10.2 Å². The lowest BCUT2D eigenvalue weighted by Crippen LogP contribution is -2.52. The number of aromatic nitrogens is 3. The van der Waals surface area contributed by atoms with Crippen molar-refractivity contribution < 1.29 is 5.11 Å². The molecule has 1 aliphatic carbocycles. The molecule has 1 aromatic heterocycles. The number of thioether (sulfide) groups is 1. The van der Waals surface area contributed by atoms with E-state index in [2.05, 4.69) is 22.4 Å². The van der Waals surface area contributed by atoms with Crippen LogP contribution >= 0.6 is 11.8 Å². The maximum absolute atomic E-state index is 9.71. The van der Waals surface area contributed by atoms with Crippen LogP contribution in [0.4, 0.5) is 0 Å². The quantitative estimate of drug-likeness (QED) is 0.858. The molecular formula is C13H24N4OS. The number of rotatable bonds is 5. The average Bonchev–Trinajstić information content (AvgIpc) is 2.72. The molecule has 2 unspecified atom stereocenters. The molecule has 0 saturated heterocycles. The van der Waals surface area contributed by atoms with E-state index in [0.717, 1.165) is 36.8 Å². The van der Waals surface area contributed by atoms with Crippen molar-refractivity contribution in [2.24, 2.45) is 7.05 Å². The Morgan fingerprint density at radius 3 is 2.89 bits per heavy atom. The Balaban J connectivity index is 2.03. The summed E-state index contributed by atoms with van der Waals surface area (Å²) in [6.45, 7) is 5.19. The molecule has 0 spiro atoms. The zero-order valence-corrected chi connectivity index (χ0v) is 12.8. The van der Waals surface area contributed by atoms with E-state index >= 15 is 0 Å². The number of hydrogen-bond acceptors (Lipinski definition) is 5. The van der Waals surface area contributed by atoms with Gasteiger partial charge in [-0.05, 0) is 32.7 Å². The number of nitrogens with one attached hydrogen (secondary N) is 1. The number of aliphatic hydroxyl groups excluding tert-OH is 1. The number of likely N-dealkylation sites (N-methyl/N-ethyl adjacent to an activating group) is 1. The fourth-order valence-corrected chi connectivity index (χ4v) is 4.15. The lowest BCUT2D eigenvalue weighted by Gasteiger charge is -2.40. The van der Waals surface area contributed by atoms with Gasteiger partial charge in [-0.3, -0.25) is 0 Å². The van der Waals surface area contributed by atoms with E-state index in [1.165, 1.54) is 6.42 Å². The summed E-state index contributed by atoms with van der Waals surface area (Å²) in [4.78, 5) is 0. The first-order chi connectivity index (χ1) is 9.10. The Morgan fingerprint density at radius 1 is 1.53 bits per heavy atom. The highest BCUT2D eigenvalue weighted by Crippen LogP contribution is 2.37. The normalized spacial score (nSPS) is 27.7. The van der Waals surface area contributed by atoms with Gasteiger partial charge < -0.3 is 15.0 Å². The lowest BCUT2D eigenvalue weighted by atomic mass is 9.82. The minimum absolute atomic E-state index is 0.0989. The largest absolute Gasteiger partial charge is 0.394 e. The monoisotopic (exact) mass is 284 g/mol. The Labute approximate surface area is 119 Å². The van der Waals surface area contributed by atoms with Crippen molar-refractivity contribution in [3.05, 3.63) is 5.82 Å². The topological polar surface area (TPSA) is 63.0 Å². The van der Waals surface area contributed by atoms with Gasteiger partial charge in [0.15, 0.2) is 5.16 Å². The molecule has 0 aromatic carbocycles. The van der Waals surface area contributed by atoms with Gasteiger partial charge >= 0.3 is 0 Å². The van der Waals surface area contributed by atoms with Gasteiger partial charge in [0.05, 0.1) is 6.61 Å². The highest BCUT2D eigenvalue weighted by molar-refractivity contribution is 7.99. The first kappa shape index (κ1) is 14.8. The van der Waals surface area contributed by atoms with Crippen molar-refractivity contribution in [1.82, 2.24) is 20.1 Å². The van der Waals surface area contributed by atoms with E-state index in [1.54, 1.807) is 11.8 Å². The Bertz CT molecular complexity index is 419. The molecule has 0 bridgehead atoms. The maximum Gasteiger partial charge on any atom is 0.191 e. The molecule has 1 fully saturated rings. The molecule has 2 N–H and O–H groups in total. The highest BCUT2D eigenvalue weighted by Gasteiger charge is 2.36. The van der Waals surface area contributed by atoms with Crippen LogP contribution in [0.3, 0.4) is 0 Å². The van der Waals surface area contributed by atoms with Crippen LogP contribution in [0, 0.1) is 6.92 Å². The third kappa shape index (κ3) is 3.30. The summed E-state index contributed by atoms with van der Waals surface area (Å²) in [5.41, 5.74) is -0.0989. The van der Waals surface area contributed by atoms with Gasteiger partial charge in [-0.25, -0.2) is 0 Å². The Hall–Kier alpha value is -0.590. The fraction of sp³-hybridized carbons (Fsp3) is 0.846. The van der Waals surface area contributed by atoms with Crippen LogP contribution in [0.25, 0.3) is 0 Å². The van der Waals surface area contributed by atoms with Gasteiger partial charge in [0, 0.05) is 17.8 Å². The van der Waals surface area contributed by atoms with E-state index in [4.69, 9.17) is 0 Å². The molecule has 1 heterocycles. The van der Waals surface area contributed by atoms with Gasteiger partial charge in [0.25, 0.3) is 0 Å². The molecule has 0 aliphatic heterocycles. The molecule has 108 valence electrons. The van der Waals surface area contributed by atoms with Gasteiger partial charge in [0.1, 0.15) is 5.82 Å². The summed E-state index contributed by atoms with van der Waals surface area (Å²) in [5.74, 6) is 0.943. The molecule has 0 radical (unpaired) electrons. The number of hydrogen-bond donors (Lipinski definition) is 2. The Kier molecular flexibility index (Phi) is 4.86. The summed E-state index contributed by atoms with van der Waals surface area (Å²) in [7, 11) is 2.00. The molecule has 2 rings (SSSR count). The van der Waals surface area contributed by atoms with E-state index in [0.29, 0.717) is 5.25 Å². The van der Waals surface area contributed by atoms with E-state index in [9.17, 15) is 5.11 Å². The van der Waals surface area contributed by atoms with Crippen molar-refractivity contribution in [3.63, 3.8) is 0 Å². The molecule has 0 amide bonds. The average molecular weight is 284 g/mol. The second kappa shape index (κ2) is 6.24. The first-order valence-electron chi connectivity index (χ1n) is 6.99. The van der Waals surface area contributed by atoms with Crippen molar-refractivity contribution in [2.45, 2.75) is 55.5 Å². The van der Waals surface area contributed by atoms with E-state index in [1.807, 2.05) is 18.5 Å². The van der Waals surface area contributed by atoms with Crippen LogP contribution in [-0.2, 0) is 7.05 Å². The van der Waals surface area contributed by atoms with Crippen LogP contribution in [0.2, 0.25) is 0 Å². The minimum Gasteiger partial charge on any atom is -0.394 e. The van der Waals surface area contributed by atoms with Crippen molar-refractivity contribution in [3.8, 4) is 0 Å². The molecule has 5 nitrogen and oxygen atoms in total. The van der Waals surface area contributed by atoms with Crippen molar-refractivity contribution in [2.75, 3.05) is 13.2 Å². The van der Waals surface area contributed by atoms with E-state index < -0.39 is 0 Å². The van der Waals surface area contributed by atoms with Crippen LogP contribution in [0.5, 0.6) is 0 Å². The summed E-state index contributed by atoms with van der Waals surface area (Å²) in [5, 5.41) is 23.0. The first-order valence-corrected chi connectivity index (χ1v) is 7.87. The van der Waals surface area contributed by atoms with Crippen LogP contribution in [0.1, 0.15) is 38.4 Å². The van der Waals surface area contributed by atoms with Gasteiger partial charge in [-0.1, -0.05) is 25.1 Å². The second-order valence-electron chi connectivity index (χ2n) is 5.39. The van der Waals surface area contributed by atoms with Gasteiger partial charge in [0.2, 0.25) is 0 Å². The summed E-state index contributed by atoms with van der Waals surface area (Å²) in [6, 6.07) is 0. The fourth-order valence-electron chi connectivity index (χ4n) is 2.78. The predicted octanol–water partition coefficient (Wildman–Crippen LogP) is 1.50. The zero-order valence-electron chi connectivity index (χ0n) is 12.0. The van der Waals surface area contributed by atoms with Crippen LogP contribution in [0.15, 0.2) is 5.16 Å². The molecular weight excluding hydrogens is 260 g/mol. The van der Waals surface area contributed by atoms with Crippen LogP contribution < -0.4 is 5.32 Å². The molecule has 1 saturated carbocycles. The van der Waals surface area contributed by atoms with E-state index in [-0.39, 0.29) is 12.1 Å². The minimum atomic E-state index is -0.0989. The van der Waals surface area contributed by atoms with Gasteiger partial charge in [-0.2, -0.15) is 0 Å². The summed E-state index contributed by atoms with van der Waals surface area (Å²) in [6.07, 6.45) is 4.39. The maximum atomic E-state index is 9.71. The third-order valence-corrected chi connectivity index (χ3v) is 5.28. The predicted molar refractivity (Wildman–Crippen MR) is 77.3 cm³/mol. The summed E-state index contributed by atoms with van der Waals surface area (Å²) >= 11 is 1.79. The SMILES string of the molecule is CCNC1(CO)CCCC(Sc2nnc(C)n2C)C1. The van der Waals surface area contributed by atoms with Crippen LogP contribution in [-0.4, -0.2) is 43.8 Å². The zero-order chi connectivity index (χ0) is 13.9. The highest BCUT2D eigenvalue weighted by atomic mass is 32.2. The third-order valence-electron chi connectivity index (χ3n) is 3.98. The molecule has 19 heavy (non-hydrogen) atoms. The lowest BCUT2D eigenvalue weighted by molar-refractivity contribution is 0.125. The number of nitrogens with zero attached hydrogens (tertiary/aromatic N) is 3. The molecule has 6 heteroatoms. The standard InChI is InChI=1S/C13H24N4OS/c1-4-14-13(9-18)7-5-6-11(8-13)19-12-16-15-10(2)17(12)3/h11,14,18H,4-9H2,1-3H3. The molecule has 2 atom stereocenters. The number of aryl methyl sites for hydroxylation is 1. The smallest absolute Gasteiger partial charge is 0.191 e. The number of aliphatic hydroxyl groups is 1. The summed E-state index contributed by atoms with van der Waals surface area (Å²) < 4.78 is 2.03. The second-order valence-corrected chi connectivity index (χ2v) is 6.66. The van der Waals surface area contributed by atoms with Crippen molar-refractivity contribution >= 4 is 11.8 Å².